The number of aryl methyl sites for hydroxylation is 1. The number of ether oxygens (including phenoxy) is 1. The number of hydrogen-bond acceptors (Lipinski definition) is 7. The van der Waals surface area contributed by atoms with Crippen LogP contribution >= 0.6 is 11.3 Å². The zero-order chi connectivity index (χ0) is 21.1. The quantitative estimate of drug-likeness (QED) is 0.464. The Balaban J connectivity index is 1.97. The number of carbonyl (C=O) groups excluding carboxylic acids is 1. The van der Waals surface area contributed by atoms with Crippen LogP contribution in [0.15, 0.2) is 59.0 Å². The molecule has 4 rings (SSSR count). The molecule has 0 aliphatic heterocycles. The van der Waals surface area contributed by atoms with Crippen molar-refractivity contribution in [3.63, 3.8) is 0 Å². The first kappa shape index (κ1) is 19.8. The fourth-order valence-corrected chi connectivity index (χ4v) is 4.07. The van der Waals surface area contributed by atoms with Crippen molar-refractivity contribution in [1.29, 1.82) is 0 Å². The van der Waals surface area contributed by atoms with Gasteiger partial charge in [-0.15, -0.1) is 11.3 Å². The minimum Gasteiger partial charge on any atom is -0.462 e. The van der Waals surface area contributed by atoms with Gasteiger partial charge in [-0.2, -0.15) is 5.10 Å². The lowest BCUT2D eigenvalue weighted by Crippen LogP contribution is -2.29. The van der Waals surface area contributed by atoms with Crippen molar-refractivity contribution in [1.82, 2.24) is 14.8 Å². The topological polar surface area (TPSA) is 86.1 Å². The summed E-state index contributed by atoms with van der Waals surface area (Å²) >= 11 is 1.51. The Kier molecular flexibility index (Phi) is 5.58. The van der Waals surface area contributed by atoms with E-state index in [1.54, 1.807) is 19.3 Å². The predicted octanol–water partition coefficient (Wildman–Crippen LogP) is 4.46. The van der Waals surface area contributed by atoms with E-state index in [9.17, 15) is 9.59 Å². The SMILES string of the molecule is CCOC(=O)c1c(-c2ccccc2)nn(CC)c(=O)c1Nc1csc2cnccc12. The average molecular weight is 420 g/mol. The first-order valence-electron chi connectivity index (χ1n) is 9.59. The molecule has 0 aliphatic rings. The Labute approximate surface area is 177 Å². The van der Waals surface area contributed by atoms with E-state index in [0.717, 1.165) is 21.3 Å². The third-order valence-electron chi connectivity index (χ3n) is 4.62. The van der Waals surface area contributed by atoms with Gasteiger partial charge < -0.3 is 10.1 Å². The van der Waals surface area contributed by atoms with E-state index in [0.29, 0.717) is 12.2 Å². The predicted molar refractivity (Wildman–Crippen MR) is 118 cm³/mol. The highest BCUT2D eigenvalue weighted by molar-refractivity contribution is 7.17. The van der Waals surface area contributed by atoms with Gasteiger partial charge in [-0.1, -0.05) is 30.3 Å². The van der Waals surface area contributed by atoms with Crippen LogP contribution in [0.3, 0.4) is 0 Å². The van der Waals surface area contributed by atoms with Crippen LogP contribution < -0.4 is 10.9 Å². The normalized spacial score (nSPS) is 10.9. The van der Waals surface area contributed by atoms with Gasteiger partial charge in [0.15, 0.2) is 0 Å². The summed E-state index contributed by atoms with van der Waals surface area (Å²) in [7, 11) is 0. The maximum atomic E-state index is 13.2. The number of carbonyl (C=O) groups is 1. The Morgan fingerprint density at radius 3 is 2.73 bits per heavy atom. The van der Waals surface area contributed by atoms with Crippen molar-refractivity contribution in [2.45, 2.75) is 20.4 Å². The van der Waals surface area contributed by atoms with Crippen LogP contribution in [0.25, 0.3) is 21.3 Å². The van der Waals surface area contributed by atoms with Gasteiger partial charge in [0.25, 0.3) is 5.56 Å². The number of esters is 1. The molecule has 7 nitrogen and oxygen atoms in total. The van der Waals surface area contributed by atoms with Crippen molar-refractivity contribution in [2.24, 2.45) is 0 Å². The third-order valence-corrected chi connectivity index (χ3v) is 5.55. The largest absolute Gasteiger partial charge is 0.462 e. The Bertz CT molecular complexity index is 1260. The molecule has 0 fully saturated rings. The first-order valence-corrected chi connectivity index (χ1v) is 10.5. The summed E-state index contributed by atoms with van der Waals surface area (Å²) in [5, 5.41) is 10.5. The monoisotopic (exact) mass is 420 g/mol. The van der Waals surface area contributed by atoms with Gasteiger partial charge in [0.05, 0.1) is 17.0 Å². The number of pyridine rings is 1. The lowest BCUT2D eigenvalue weighted by Gasteiger charge is -2.16. The molecule has 30 heavy (non-hydrogen) atoms. The van der Waals surface area contributed by atoms with Gasteiger partial charge in [0, 0.05) is 35.3 Å². The summed E-state index contributed by atoms with van der Waals surface area (Å²) < 4.78 is 7.62. The van der Waals surface area contributed by atoms with E-state index in [1.165, 1.54) is 16.0 Å². The summed E-state index contributed by atoms with van der Waals surface area (Å²) in [6.45, 7) is 4.12. The van der Waals surface area contributed by atoms with Gasteiger partial charge in [-0.05, 0) is 19.9 Å². The van der Waals surface area contributed by atoms with Crippen molar-refractivity contribution in [3.05, 3.63) is 70.1 Å². The lowest BCUT2D eigenvalue weighted by atomic mass is 10.0. The van der Waals surface area contributed by atoms with Crippen LogP contribution in [-0.4, -0.2) is 27.3 Å². The van der Waals surface area contributed by atoms with Crippen LogP contribution in [0.4, 0.5) is 11.4 Å². The minimum atomic E-state index is -0.590. The van der Waals surface area contributed by atoms with Gasteiger partial charge in [-0.25, -0.2) is 9.48 Å². The first-order chi connectivity index (χ1) is 14.6. The van der Waals surface area contributed by atoms with Crippen LogP contribution in [-0.2, 0) is 11.3 Å². The molecule has 1 N–H and O–H groups in total. The summed E-state index contributed by atoms with van der Waals surface area (Å²) in [5.41, 5.74) is 1.76. The number of hydrogen-bond donors (Lipinski definition) is 1. The number of aromatic nitrogens is 3. The van der Waals surface area contributed by atoms with Gasteiger partial charge >= 0.3 is 5.97 Å². The fourth-order valence-electron chi connectivity index (χ4n) is 3.21. The molecule has 0 bridgehead atoms. The third kappa shape index (κ3) is 3.57. The lowest BCUT2D eigenvalue weighted by molar-refractivity contribution is 0.0527. The number of nitrogens with zero attached hydrogens (tertiary/aromatic N) is 3. The molecule has 0 aliphatic carbocycles. The van der Waals surface area contributed by atoms with Crippen LogP contribution in [0.1, 0.15) is 24.2 Å². The smallest absolute Gasteiger partial charge is 0.342 e. The number of benzene rings is 1. The van der Waals surface area contributed by atoms with Crippen molar-refractivity contribution >= 4 is 38.8 Å². The van der Waals surface area contributed by atoms with E-state index in [-0.39, 0.29) is 23.4 Å². The number of thiophene rings is 1. The molecule has 3 aromatic heterocycles. The van der Waals surface area contributed by atoms with Crippen LogP contribution in [0, 0.1) is 0 Å². The summed E-state index contributed by atoms with van der Waals surface area (Å²) in [6, 6.07) is 11.2. The molecular formula is C22H20N4O3S. The summed E-state index contributed by atoms with van der Waals surface area (Å²) in [6.07, 6.45) is 3.46. The molecule has 0 saturated carbocycles. The Hall–Kier alpha value is -3.52. The van der Waals surface area contributed by atoms with Crippen molar-refractivity contribution in [3.8, 4) is 11.3 Å². The molecule has 1 aromatic carbocycles. The second-order valence-corrected chi connectivity index (χ2v) is 7.36. The molecule has 0 amide bonds. The molecule has 0 spiro atoms. The Morgan fingerprint density at radius 1 is 1.20 bits per heavy atom. The second-order valence-electron chi connectivity index (χ2n) is 6.45. The molecule has 4 aromatic rings. The number of fused-ring (bicyclic) bond motifs is 1. The fraction of sp³-hybridized carbons (Fsp3) is 0.182. The highest BCUT2D eigenvalue weighted by Gasteiger charge is 2.26. The maximum Gasteiger partial charge on any atom is 0.342 e. The molecule has 0 unspecified atom stereocenters. The van der Waals surface area contributed by atoms with E-state index < -0.39 is 5.97 Å². The summed E-state index contributed by atoms with van der Waals surface area (Å²) in [5.74, 6) is -0.590. The molecule has 8 heteroatoms. The molecule has 0 saturated heterocycles. The zero-order valence-electron chi connectivity index (χ0n) is 16.6. The molecule has 0 atom stereocenters. The van der Waals surface area contributed by atoms with Crippen LogP contribution in [0.2, 0.25) is 0 Å². The van der Waals surface area contributed by atoms with E-state index >= 15 is 0 Å². The van der Waals surface area contributed by atoms with E-state index in [2.05, 4.69) is 15.4 Å². The van der Waals surface area contributed by atoms with Gasteiger partial charge in [0.2, 0.25) is 0 Å². The zero-order valence-corrected chi connectivity index (χ0v) is 17.4. The standard InChI is InChI=1S/C22H20N4O3S/c1-3-26-21(27)20(24-16-13-30-17-12-23-11-10-15(16)17)18(22(28)29-4-2)19(25-26)14-8-6-5-7-9-14/h5-13,24H,3-4H2,1-2H3. The average Bonchev–Trinajstić information content (AvgIpc) is 3.18. The molecule has 0 radical (unpaired) electrons. The second kappa shape index (κ2) is 8.46. The van der Waals surface area contributed by atoms with E-state index in [1.807, 2.05) is 48.7 Å². The van der Waals surface area contributed by atoms with Crippen molar-refractivity contribution in [2.75, 3.05) is 11.9 Å². The number of rotatable bonds is 6. The number of anilines is 2. The number of nitrogens with one attached hydrogen (secondary N) is 1. The molecule has 3 heterocycles. The molecule has 152 valence electrons. The van der Waals surface area contributed by atoms with E-state index in [4.69, 9.17) is 4.74 Å². The summed E-state index contributed by atoms with van der Waals surface area (Å²) in [4.78, 5) is 30.3. The Morgan fingerprint density at radius 2 is 2.00 bits per heavy atom. The molecular weight excluding hydrogens is 400 g/mol. The minimum absolute atomic E-state index is 0.131. The van der Waals surface area contributed by atoms with Gasteiger partial charge in [0.1, 0.15) is 16.9 Å². The maximum absolute atomic E-state index is 13.2. The van der Waals surface area contributed by atoms with Gasteiger partial charge in [-0.3, -0.25) is 9.78 Å². The highest BCUT2D eigenvalue weighted by atomic mass is 32.1. The van der Waals surface area contributed by atoms with Crippen molar-refractivity contribution < 1.29 is 9.53 Å². The van der Waals surface area contributed by atoms with Crippen LogP contribution in [0.5, 0.6) is 0 Å². The highest BCUT2D eigenvalue weighted by Crippen LogP contribution is 2.33.